The summed E-state index contributed by atoms with van der Waals surface area (Å²) in [6, 6.07) is 0.210. The Kier molecular flexibility index (Phi) is 47.6. The van der Waals surface area contributed by atoms with Crippen molar-refractivity contribution in [2.45, 2.75) is 88.1 Å². The molecule has 0 aliphatic carbocycles. The number of allylic oxidation sites excluding steroid dienone is 3. The summed E-state index contributed by atoms with van der Waals surface area (Å²) in [5.74, 6) is 2.18. The van der Waals surface area contributed by atoms with Gasteiger partial charge in [0.05, 0.1) is 0 Å². The lowest BCUT2D eigenvalue weighted by molar-refractivity contribution is -0.117. The minimum atomic E-state index is -0.0214. The standard InChI is InChI=1S/C10H20N2O.2C10H19NO.C9H18N2O.C9H17NO/c1-9(2)8-11-10(13)6-5-7-12(3)4;2*1-9(2)8-10(12)6-5-7-11(3)4;1-8(2)10-9(12)6-5-7-11(3)4;1-8(2)9(11)6-5-7-10(3)4/h5-6,9H,7-8H2,1-4H3,(H,11,13);2*5-6,9H,7-8H2,1-4H3;5-6,8H,7H2,1-4H3,(H,10,12);5-6,8H,7H2,1-4H3/b5*6-5+. The van der Waals surface area contributed by atoms with E-state index < -0.39 is 0 Å². The average molecular weight is 848 g/mol. The highest BCUT2D eigenvalue weighted by atomic mass is 16.2. The van der Waals surface area contributed by atoms with Crippen LogP contribution in [0.4, 0.5) is 0 Å². The van der Waals surface area contributed by atoms with Crippen molar-refractivity contribution in [2.24, 2.45) is 23.7 Å². The molecule has 0 saturated carbocycles. The second-order valence-electron chi connectivity index (χ2n) is 17.8. The van der Waals surface area contributed by atoms with Crippen molar-refractivity contribution >= 4 is 29.2 Å². The summed E-state index contributed by atoms with van der Waals surface area (Å²) in [5, 5.41) is 5.58. The van der Waals surface area contributed by atoms with Crippen LogP contribution in [0.5, 0.6) is 0 Å². The molecular weight excluding hydrogens is 755 g/mol. The summed E-state index contributed by atoms with van der Waals surface area (Å²) < 4.78 is 0. The van der Waals surface area contributed by atoms with Crippen LogP contribution in [0.3, 0.4) is 0 Å². The molecule has 0 fully saturated rings. The predicted molar refractivity (Wildman–Crippen MR) is 258 cm³/mol. The van der Waals surface area contributed by atoms with Gasteiger partial charge >= 0.3 is 0 Å². The Labute approximate surface area is 369 Å². The van der Waals surface area contributed by atoms with Gasteiger partial charge in [0.15, 0.2) is 17.3 Å². The number of nitrogens with one attached hydrogen (secondary N) is 2. The first-order chi connectivity index (χ1) is 27.6. The van der Waals surface area contributed by atoms with Crippen LogP contribution >= 0.6 is 0 Å². The van der Waals surface area contributed by atoms with Crippen LogP contribution in [0.2, 0.25) is 0 Å². The highest BCUT2D eigenvalue weighted by molar-refractivity contribution is 5.91. The minimum Gasteiger partial charge on any atom is -0.352 e. The van der Waals surface area contributed by atoms with Gasteiger partial charge in [-0.1, -0.05) is 85.8 Å². The average Bonchev–Trinajstić information content (AvgIpc) is 3.06. The van der Waals surface area contributed by atoms with Crippen LogP contribution in [0.25, 0.3) is 0 Å². The van der Waals surface area contributed by atoms with Gasteiger partial charge in [-0.05, 0) is 120 Å². The summed E-state index contributed by atoms with van der Waals surface area (Å²) in [6.45, 7) is 24.9. The number of rotatable bonds is 23. The summed E-state index contributed by atoms with van der Waals surface area (Å²) in [6.07, 6.45) is 18.9. The second-order valence-corrected chi connectivity index (χ2v) is 17.8. The van der Waals surface area contributed by atoms with Crippen LogP contribution in [0, 0.1) is 23.7 Å². The molecule has 0 atom stereocenters. The number of hydrogen-bond acceptors (Lipinski definition) is 10. The van der Waals surface area contributed by atoms with Gasteiger partial charge in [0.1, 0.15) is 0 Å². The first-order valence-corrected chi connectivity index (χ1v) is 21.4. The van der Waals surface area contributed by atoms with Crippen LogP contribution in [0.1, 0.15) is 82.1 Å². The molecule has 0 saturated heterocycles. The van der Waals surface area contributed by atoms with Crippen molar-refractivity contribution in [1.82, 2.24) is 35.1 Å². The van der Waals surface area contributed by atoms with Gasteiger partial charge in [-0.3, -0.25) is 24.0 Å². The zero-order valence-corrected chi connectivity index (χ0v) is 42.1. The summed E-state index contributed by atoms with van der Waals surface area (Å²) in [7, 11) is 19.7. The van der Waals surface area contributed by atoms with Crippen LogP contribution in [0.15, 0.2) is 60.8 Å². The van der Waals surface area contributed by atoms with Crippen molar-refractivity contribution in [1.29, 1.82) is 0 Å². The van der Waals surface area contributed by atoms with E-state index in [2.05, 4.69) is 52.2 Å². The maximum atomic E-state index is 11.1. The largest absolute Gasteiger partial charge is 0.352 e. The number of carbonyl (C=O) groups is 5. The Hall–Kier alpha value is -3.55. The number of nitrogens with zero attached hydrogens (tertiary/aromatic N) is 5. The summed E-state index contributed by atoms with van der Waals surface area (Å²) in [5.41, 5.74) is 0. The molecule has 12 nitrogen and oxygen atoms in total. The van der Waals surface area contributed by atoms with E-state index >= 15 is 0 Å². The van der Waals surface area contributed by atoms with Crippen molar-refractivity contribution in [2.75, 3.05) is 110 Å². The second kappa shape index (κ2) is 43.5. The topological polar surface area (TPSA) is 126 Å². The smallest absolute Gasteiger partial charge is 0.243 e. The monoisotopic (exact) mass is 848 g/mol. The van der Waals surface area contributed by atoms with E-state index in [0.29, 0.717) is 30.6 Å². The van der Waals surface area contributed by atoms with E-state index in [9.17, 15) is 24.0 Å². The van der Waals surface area contributed by atoms with Crippen molar-refractivity contribution < 1.29 is 24.0 Å². The van der Waals surface area contributed by atoms with Crippen LogP contribution < -0.4 is 10.6 Å². The van der Waals surface area contributed by atoms with Crippen molar-refractivity contribution in [3.63, 3.8) is 0 Å². The molecule has 0 aliphatic heterocycles. The number of hydrogen-bond donors (Lipinski definition) is 2. The fourth-order valence-electron chi connectivity index (χ4n) is 3.74. The van der Waals surface area contributed by atoms with Gasteiger partial charge in [-0.15, -0.1) is 0 Å². The molecule has 0 aliphatic rings. The van der Waals surface area contributed by atoms with Gasteiger partial charge in [-0.2, -0.15) is 0 Å². The van der Waals surface area contributed by atoms with Crippen molar-refractivity contribution in [3.05, 3.63) is 60.8 Å². The number of carbonyl (C=O) groups excluding carboxylic acids is 5. The fourth-order valence-corrected chi connectivity index (χ4v) is 3.74. The Morgan fingerprint density at radius 2 is 0.717 bits per heavy atom. The van der Waals surface area contributed by atoms with E-state index in [1.165, 1.54) is 0 Å². The quantitative estimate of drug-likeness (QED) is 0.114. The van der Waals surface area contributed by atoms with Gasteiger partial charge in [0.25, 0.3) is 0 Å². The zero-order valence-electron chi connectivity index (χ0n) is 42.1. The van der Waals surface area contributed by atoms with E-state index in [1.807, 2.05) is 153 Å². The Morgan fingerprint density at radius 3 is 0.983 bits per heavy atom. The molecule has 0 unspecified atom stereocenters. The van der Waals surface area contributed by atoms with Crippen LogP contribution in [-0.2, 0) is 24.0 Å². The highest BCUT2D eigenvalue weighted by Gasteiger charge is 2.02. The van der Waals surface area contributed by atoms with Crippen LogP contribution in [-0.4, -0.2) is 169 Å². The third-order valence-electron chi connectivity index (χ3n) is 6.68. The van der Waals surface area contributed by atoms with Gasteiger partial charge in [0.2, 0.25) is 11.8 Å². The lowest BCUT2D eigenvalue weighted by Crippen LogP contribution is -2.28. The first kappa shape index (κ1) is 65.6. The molecule has 0 aromatic heterocycles. The lowest BCUT2D eigenvalue weighted by Gasteiger charge is -2.05. The highest BCUT2D eigenvalue weighted by Crippen LogP contribution is 2.01. The van der Waals surface area contributed by atoms with E-state index in [-0.39, 0.29) is 41.1 Å². The molecule has 0 aromatic carbocycles. The van der Waals surface area contributed by atoms with E-state index in [1.54, 1.807) is 30.4 Å². The molecule has 2 amide bonds. The SMILES string of the molecule is CC(C)C(=O)/C=C/CN(C)C.CC(C)CC(=O)/C=C/CN(C)C.CC(C)CC(=O)/C=C/CN(C)C.CC(C)CNC(=O)/C=C/CN(C)C.CC(C)NC(=O)/C=C/CN(C)C. The van der Waals surface area contributed by atoms with E-state index in [0.717, 1.165) is 39.3 Å². The van der Waals surface area contributed by atoms with E-state index in [4.69, 9.17) is 0 Å². The third-order valence-corrected chi connectivity index (χ3v) is 6.68. The number of likely N-dealkylation sites (N-methyl/N-ethyl adjacent to an activating group) is 5. The predicted octanol–water partition coefficient (Wildman–Crippen LogP) is 6.27. The molecule has 12 heteroatoms. The Bertz CT molecular complexity index is 1150. The molecular formula is C48H93N7O5. The molecule has 2 N–H and O–H groups in total. The Morgan fingerprint density at radius 1 is 0.417 bits per heavy atom. The molecule has 0 radical (unpaired) electrons. The molecule has 0 heterocycles. The molecule has 60 heavy (non-hydrogen) atoms. The fraction of sp³-hybridized carbons (Fsp3) is 0.688. The number of amides is 2. The van der Waals surface area contributed by atoms with Gasteiger partial charge in [-0.25, -0.2) is 0 Å². The molecule has 0 spiro atoms. The maximum absolute atomic E-state index is 11.1. The zero-order chi connectivity index (χ0) is 47.8. The number of ketones is 3. The van der Waals surface area contributed by atoms with Crippen molar-refractivity contribution in [3.8, 4) is 0 Å². The van der Waals surface area contributed by atoms with Gasteiger partial charge < -0.3 is 35.1 Å². The first-order valence-electron chi connectivity index (χ1n) is 21.4. The normalized spacial score (nSPS) is 11.7. The summed E-state index contributed by atoms with van der Waals surface area (Å²) in [4.78, 5) is 65.5. The molecule has 350 valence electrons. The third kappa shape index (κ3) is 69.1. The molecule has 0 rings (SSSR count). The van der Waals surface area contributed by atoms with Gasteiger partial charge in [0, 0.05) is 76.2 Å². The molecule has 0 bridgehead atoms. The molecule has 0 aromatic rings. The lowest BCUT2D eigenvalue weighted by atomic mass is 10.1. The summed E-state index contributed by atoms with van der Waals surface area (Å²) >= 11 is 0. The maximum Gasteiger partial charge on any atom is 0.243 e. The minimum absolute atomic E-state index is 0.00412. The Balaban J connectivity index is -0.000000210.